The van der Waals surface area contributed by atoms with E-state index in [2.05, 4.69) is 12.1 Å². The van der Waals surface area contributed by atoms with Crippen LogP contribution in [0.2, 0.25) is 5.15 Å². The van der Waals surface area contributed by atoms with Crippen molar-refractivity contribution in [2.75, 3.05) is 13.1 Å². The van der Waals surface area contributed by atoms with Crippen LogP contribution in [0.15, 0.2) is 10.6 Å². The smallest absolute Gasteiger partial charge is 0.223 e. The third-order valence-corrected chi connectivity index (χ3v) is 5.34. The molecule has 24 heavy (non-hydrogen) atoms. The first-order valence-electron chi connectivity index (χ1n) is 8.74. The summed E-state index contributed by atoms with van der Waals surface area (Å²) in [5.74, 6) is 0.743. The molecule has 1 aromatic heterocycles. The van der Waals surface area contributed by atoms with E-state index in [1.54, 1.807) is 6.07 Å². The van der Waals surface area contributed by atoms with Crippen molar-refractivity contribution in [2.24, 2.45) is 0 Å². The average Bonchev–Trinajstić information content (AvgIpc) is 2.98. The minimum Gasteiger partial charge on any atom is -0.393 e. The molecular formula is C17H25ClN2O4. The minimum absolute atomic E-state index is 0.112. The Balaban J connectivity index is 1.50. The van der Waals surface area contributed by atoms with Gasteiger partial charge < -0.3 is 19.3 Å². The van der Waals surface area contributed by atoms with Gasteiger partial charge in [0.1, 0.15) is 5.76 Å². The maximum atomic E-state index is 12.4. The summed E-state index contributed by atoms with van der Waals surface area (Å²) in [6.07, 6.45) is 4.65. The van der Waals surface area contributed by atoms with Gasteiger partial charge in [0, 0.05) is 38.4 Å². The van der Waals surface area contributed by atoms with Gasteiger partial charge in [0.2, 0.25) is 5.91 Å². The van der Waals surface area contributed by atoms with Crippen LogP contribution in [0.4, 0.5) is 0 Å². The number of aliphatic hydroxyl groups excluding tert-OH is 1. The number of aliphatic hydroxyl groups is 1. The molecule has 0 aliphatic carbocycles. The number of amides is 1. The Morgan fingerprint density at radius 1 is 1.50 bits per heavy atom. The molecule has 1 spiro atoms. The molecule has 2 aliphatic heterocycles. The summed E-state index contributed by atoms with van der Waals surface area (Å²) >= 11 is 5.71. The number of likely N-dealkylation sites (tertiary alicyclic amines) is 1. The lowest BCUT2D eigenvalue weighted by molar-refractivity contribution is -0.183. The van der Waals surface area contributed by atoms with E-state index in [-0.39, 0.29) is 23.7 Å². The lowest BCUT2D eigenvalue weighted by Crippen LogP contribution is -2.53. The Morgan fingerprint density at radius 2 is 2.25 bits per heavy atom. The zero-order valence-corrected chi connectivity index (χ0v) is 14.8. The molecule has 2 fully saturated rings. The number of carbonyl (C=O) groups is 1. The van der Waals surface area contributed by atoms with Crippen LogP contribution in [-0.4, -0.2) is 52.0 Å². The third-order valence-electron chi connectivity index (χ3n) is 5.16. The highest BCUT2D eigenvalue weighted by molar-refractivity contribution is 6.29. The van der Waals surface area contributed by atoms with Gasteiger partial charge in [-0.2, -0.15) is 0 Å². The Morgan fingerprint density at radius 3 is 2.88 bits per heavy atom. The Labute approximate surface area is 147 Å². The van der Waals surface area contributed by atoms with Crippen LogP contribution in [-0.2, 0) is 16.0 Å². The van der Waals surface area contributed by atoms with E-state index in [1.807, 2.05) is 4.90 Å². The van der Waals surface area contributed by atoms with Crippen LogP contribution >= 0.6 is 11.6 Å². The number of aryl methyl sites for hydroxylation is 1. The molecule has 2 aliphatic rings. The van der Waals surface area contributed by atoms with E-state index in [1.165, 1.54) is 0 Å². The molecule has 2 saturated heterocycles. The lowest BCUT2D eigenvalue weighted by Gasteiger charge is -2.47. The largest absolute Gasteiger partial charge is 0.393 e. The number of carbonyl (C=O) groups excluding carboxylic acids is 1. The van der Waals surface area contributed by atoms with Crippen molar-refractivity contribution >= 4 is 17.5 Å². The first-order chi connectivity index (χ1) is 11.5. The van der Waals surface area contributed by atoms with Crippen molar-refractivity contribution in [3.63, 3.8) is 0 Å². The van der Waals surface area contributed by atoms with Crippen LogP contribution in [0.5, 0.6) is 0 Å². The molecule has 0 unspecified atom stereocenters. The van der Waals surface area contributed by atoms with Crippen molar-refractivity contribution in [2.45, 2.75) is 69.7 Å². The lowest BCUT2D eigenvalue weighted by atomic mass is 9.81. The van der Waals surface area contributed by atoms with Crippen molar-refractivity contribution < 1.29 is 19.2 Å². The monoisotopic (exact) mass is 356 g/mol. The van der Waals surface area contributed by atoms with E-state index in [4.69, 9.17) is 20.9 Å². The molecule has 0 saturated carbocycles. The normalized spacial score (nSPS) is 26.7. The van der Waals surface area contributed by atoms with Gasteiger partial charge in [-0.3, -0.25) is 4.79 Å². The van der Waals surface area contributed by atoms with Gasteiger partial charge in [-0.15, -0.1) is 0 Å². The molecule has 134 valence electrons. The molecule has 3 heterocycles. The van der Waals surface area contributed by atoms with Crippen LogP contribution in [0.25, 0.3) is 0 Å². The predicted molar refractivity (Wildman–Crippen MR) is 88.8 cm³/mol. The molecule has 0 radical (unpaired) electrons. The molecule has 2 atom stereocenters. The molecule has 1 amide bonds. The van der Waals surface area contributed by atoms with Gasteiger partial charge in [0.15, 0.2) is 5.15 Å². The summed E-state index contributed by atoms with van der Waals surface area (Å²) < 4.78 is 11.3. The van der Waals surface area contributed by atoms with Crippen molar-refractivity contribution in [1.29, 1.82) is 0 Å². The second-order valence-electron chi connectivity index (χ2n) is 6.92. The number of piperidine rings is 1. The van der Waals surface area contributed by atoms with E-state index in [9.17, 15) is 9.90 Å². The van der Waals surface area contributed by atoms with E-state index >= 15 is 0 Å². The van der Waals surface area contributed by atoms with Crippen LogP contribution in [0, 0.1) is 0 Å². The SMILES string of the molecule is CC[C@H]1C[C@@H](O)CC2(CCN(C(=O)CCc3cc(Cl)no3)CC2)O1. The third kappa shape index (κ3) is 4.10. The number of hydrogen-bond donors (Lipinski definition) is 1. The molecule has 1 N–H and O–H groups in total. The van der Waals surface area contributed by atoms with Gasteiger partial charge in [-0.25, -0.2) is 0 Å². The molecule has 0 aromatic carbocycles. The van der Waals surface area contributed by atoms with Gasteiger partial charge >= 0.3 is 0 Å². The minimum atomic E-state index is -0.290. The number of aromatic nitrogens is 1. The quantitative estimate of drug-likeness (QED) is 0.897. The second-order valence-corrected chi connectivity index (χ2v) is 7.31. The van der Waals surface area contributed by atoms with Gasteiger partial charge in [-0.1, -0.05) is 23.7 Å². The summed E-state index contributed by atoms with van der Waals surface area (Å²) in [4.78, 5) is 14.3. The first kappa shape index (κ1) is 17.7. The molecule has 6 nitrogen and oxygen atoms in total. The highest BCUT2D eigenvalue weighted by Gasteiger charge is 2.43. The van der Waals surface area contributed by atoms with E-state index < -0.39 is 0 Å². The van der Waals surface area contributed by atoms with Crippen molar-refractivity contribution in [1.82, 2.24) is 10.1 Å². The second kappa shape index (κ2) is 7.42. The molecule has 7 heteroatoms. The van der Waals surface area contributed by atoms with E-state index in [0.29, 0.717) is 43.3 Å². The molecular weight excluding hydrogens is 332 g/mol. The maximum Gasteiger partial charge on any atom is 0.223 e. The maximum absolute atomic E-state index is 12.4. The number of halogens is 1. The predicted octanol–water partition coefficient (Wildman–Crippen LogP) is 2.57. The first-order valence-corrected chi connectivity index (χ1v) is 9.12. The highest BCUT2D eigenvalue weighted by atomic mass is 35.5. The van der Waals surface area contributed by atoms with Crippen LogP contribution < -0.4 is 0 Å². The molecule has 0 bridgehead atoms. The van der Waals surface area contributed by atoms with Gasteiger partial charge in [-0.05, 0) is 25.7 Å². The molecule has 3 rings (SSSR count). The number of nitrogens with zero attached hydrogens (tertiary/aromatic N) is 2. The van der Waals surface area contributed by atoms with Gasteiger partial charge in [0.25, 0.3) is 0 Å². The van der Waals surface area contributed by atoms with Crippen molar-refractivity contribution in [3.8, 4) is 0 Å². The Hall–Kier alpha value is -1.11. The standard InChI is InChI=1S/C17H25ClN2O4/c1-2-13-9-12(21)11-17(23-13)5-7-20(8-6-17)16(22)4-3-14-10-15(18)19-24-14/h10,12-13,21H,2-9,11H2,1H3/t12-,13+/m1/s1. The Kier molecular flexibility index (Phi) is 5.47. The fourth-order valence-electron chi connectivity index (χ4n) is 3.80. The van der Waals surface area contributed by atoms with Crippen LogP contribution in [0.1, 0.15) is 51.2 Å². The zero-order chi connectivity index (χ0) is 17.2. The number of ether oxygens (including phenoxy) is 1. The number of rotatable bonds is 4. The average molecular weight is 357 g/mol. The fourth-order valence-corrected chi connectivity index (χ4v) is 3.95. The number of hydrogen-bond acceptors (Lipinski definition) is 5. The summed E-state index contributed by atoms with van der Waals surface area (Å²) in [5, 5.41) is 14.1. The van der Waals surface area contributed by atoms with Crippen LogP contribution in [0.3, 0.4) is 0 Å². The summed E-state index contributed by atoms with van der Waals surface area (Å²) in [5.41, 5.74) is -0.256. The van der Waals surface area contributed by atoms with Crippen molar-refractivity contribution in [3.05, 3.63) is 17.0 Å². The molecule has 1 aromatic rings. The topological polar surface area (TPSA) is 75.8 Å². The fraction of sp³-hybridized carbons (Fsp3) is 0.765. The zero-order valence-electron chi connectivity index (χ0n) is 14.0. The summed E-state index contributed by atoms with van der Waals surface area (Å²) in [7, 11) is 0. The summed E-state index contributed by atoms with van der Waals surface area (Å²) in [6, 6.07) is 1.64. The summed E-state index contributed by atoms with van der Waals surface area (Å²) in [6.45, 7) is 3.45. The Bertz CT molecular complexity index is 569. The highest BCUT2D eigenvalue weighted by Crippen LogP contribution is 2.38. The van der Waals surface area contributed by atoms with Gasteiger partial charge in [0.05, 0.1) is 17.8 Å². The van der Waals surface area contributed by atoms with E-state index in [0.717, 1.165) is 25.7 Å².